The number of alkyl halides is 1. The van der Waals surface area contributed by atoms with Crippen LogP contribution in [-0.2, 0) is 5.33 Å². The zero-order valence-corrected chi connectivity index (χ0v) is 8.84. The molecule has 1 heterocycles. The molecule has 0 atom stereocenters. The molecule has 10 heavy (non-hydrogen) atoms. The standard InChI is InChI=1S/C6H7BrN2.BrH/c1-5-2-3-6(4-7)9-8-5;/h2-3H,4H2,1H3;1H. The van der Waals surface area contributed by atoms with E-state index >= 15 is 0 Å². The molecule has 0 spiro atoms. The summed E-state index contributed by atoms with van der Waals surface area (Å²) in [5.41, 5.74) is 1.93. The van der Waals surface area contributed by atoms with E-state index in [1.807, 2.05) is 19.1 Å². The van der Waals surface area contributed by atoms with Crippen molar-refractivity contribution >= 4 is 32.9 Å². The maximum absolute atomic E-state index is 3.90. The summed E-state index contributed by atoms with van der Waals surface area (Å²) in [5, 5.41) is 8.55. The number of hydrogen-bond acceptors (Lipinski definition) is 2. The van der Waals surface area contributed by atoms with Crippen molar-refractivity contribution in [2.45, 2.75) is 12.3 Å². The smallest absolute Gasteiger partial charge is 0.0736 e. The van der Waals surface area contributed by atoms with Crippen LogP contribution in [0.25, 0.3) is 0 Å². The lowest BCUT2D eigenvalue weighted by Crippen LogP contribution is -1.89. The van der Waals surface area contributed by atoms with Gasteiger partial charge in [0.15, 0.2) is 0 Å². The van der Waals surface area contributed by atoms with Crippen LogP contribution in [0, 0.1) is 6.92 Å². The molecule has 0 aliphatic rings. The Balaban J connectivity index is 0.000000810. The molecular weight excluding hydrogens is 260 g/mol. The van der Waals surface area contributed by atoms with Crippen molar-refractivity contribution in [1.82, 2.24) is 10.2 Å². The van der Waals surface area contributed by atoms with Crippen molar-refractivity contribution in [2.75, 3.05) is 0 Å². The molecule has 56 valence electrons. The Morgan fingerprint density at radius 1 is 1.40 bits per heavy atom. The van der Waals surface area contributed by atoms with Gasteiger partial charge >= 0.3 is 0 Å². The molecule has 0 aliphatic carbocycles. The van der Waals surface area contributed by atoms with Crippen LogP contribution >= 0.6 is 32.9 Å². The average Bonchev–Trinajstić information content (AvgIpc) is 1.90. The number of nitrogens with zero attached hydrogens (tertiary/aromatic N) is 2. The van der Waals surface area contributed by atoms with Crippen LogP contribution < -0.4 is 0 Å². The van der Waals surface area contributed by atoms with E-state index in [0.29, 0.717) is 0 Å². The number of aromatic nitrogens is 2. The molecule has 2 nitrogen and oxygen atoms in total. The Kier molecular flexibility index (Phi) is 4.81. The second-order valence-corrected chi connectivity index (χ2v) is 2.36. The summed E-state index contributed by atoms with van der Waals surface area (Å²) >= 11 is 3.28. The first-order chi connectivity index (χ1) is 4.33. The fraction of sp³-hybridized carbons (Fsp3) is 0.333. The van der Waals surface area contributed by atoms with Gasteiger partial charge in [-0.15, -0.1) is 17.0 Å². The van der Waals surface area contributed by atoms with Crippen molar-refractivity contribution in [1.29, 1.82) is 0 Å². The zero-order chi connectivity index (χ0) is 6.69. The van der Waals surface area contributed by atoms with Gasteiger partial charge in [-0.25, -0.2) is 0 Å². The summed E-state index contributed by atoms with van der Waals surface area (Å²) in [6.07, 6.45) is 0. The van der Waals surface area contributed by atoms with Crippen LogP contribution in [0.1, 0.15) is 11.4 Å². The van der Waals surface area contributed by atoms with Crippen LogP contribution in [0.2, 0.25) is 0 Å². The van der Waals surface area contributed by atoms with Gasteiger partial charge in [-0.1, -0.05) is 15.9 Å². The molecule has 0 unspecified atom stereocenters. The minimum atomic E-state index is 0. The van der Waals surface area contributed by atoms with Crippen molar-refractivity contribution in [3.05, 3.63) is 23.5 Å². The van der Waals surface area contributed by atoms with E-state index in [9.17, 15) is 0 Å². The molecule has 0 saturated carbocycles. The van der Waals surface area contributed by atoms with Gasteiger partial charge in [0.05, 0.1) is 11.4 Å². The molecule has 0 N–H and O–H groups in total. The average molecular weight is 268 g/mol. The highest BCUT2D eigenvalue weighted by molar-refractivity contribution is 9.08. The van der Waals surface area contributed by atoms with Gasteiger partial charge in [0.2, 0.25) is 0 Å². The second-order valence-electron chi connectivity index (χ2n) is 1.80. The van der Waals surface area contributed by atoms with Crippen LogP contribution in [-0.4, -0.2) is 10.2 Å². The summed E-state index contributed by atoms with van der Waals surface area (Å²) in [7, 11) is 0. The highest BCUT2D eigenvalue weighted by atomic mass is 79.9. The fourth-order valence-corrected chi connectivity index (χ4v) is 0.797. The predicted molar refractivity (Wildman–Crippen MR) is 49.7 cm³/mol. The number of hydrogen-bond donors (Lipinski definition) is 0. The number of halogens is 2. The monoisotopic (exact) mass is 266 g/mol. The zero-order valence-electron chi connectivity index (χ0n) is 5.54. The first-order valence-corrected chi connectivity index (χ1v) is 3.80. The van der Waals surface area contributed by atoms with Crippen LogP contribution in [0.4, 0.5) is 0 Å². The topological polar surface area (TPSA) is 25.8 Å². The third kappa shape index (κ3) is 2.75. The highest BCUT2D eigenvalue weighted by Crippen LogP contribution is 1.99. The van der Waals surface area contributed by atoms with Crippen molar-refractivity contribution in [3.63, 3.8) is 0 Å². The summed E-state index contributed by atoms with van der Waals surface area (Å²) in [6, 6.07) is 3.90. The van der Waals surface area contributed by atoms with E-state index in [-0.39, 0.29) is 17.0 Å². The SMILES string of the molecule is Br.Cc1ccc(CBr)nn1. The van der Waals surface area contributed by atoms with Gasteiger partial charge in [0.1, 0.15) is 0 Å². The van der Waals surface area contributed by atoms with Crippen LogP contribution in [0.15, 0.2) is 12.1 Å². The van der Waals surface area contributed by atoms with E-state index < -0.39 is 0 Å². The Hall–Kier alpha value is 0.0400. The first-order valence-electron chi connectivity index (χ1n) is 2.68. The van der Waals surface area contributed by atoms with Crippen molar-refractivity contribution in [2.24, 2.45) is 0 Å². The molecule has 0 fully saturated rings. The molecule has 0 bridgehead atoms. The molecule has 0 radical (unpaired) electrons. The summed E-state index contributed by atoms with van der Waals surface area (Å²) in [6.45, 7) is 1.92. The lowest BCUT2D eigenvalue weighted by molar-refractivity contribution is 0.936. The van der Waals surface area contributed by atoms with Gasteiger partial charge in [0.25, 0.3) is 0 Å². The van der Waals surface area contributed by atoms with Gasteiger partial charge in [-0.3, -0.25) is 0 Å². The predicted octanol–water partition coefficient (Wildman–Crippen LogP) is 2.26. The molecule has 4 heteroatoms. The molecule has 0 aliphatic heterocycles. The maximum Gasteiger partial charge on any atom is 0.0736 e. The molecule has 1 aromatic heterocycles. The lowest BCUT2D eigenvalue weighted by Gasteiger charge is -1.91. The quantitative estimate of drug-likeness (QED) is 0.730. The number of aryl methyl sites for hydroxylation is 1. The van der Waals surface area contributed by atoms with E-state index in [1.165, 1.54) is 0 Å². The molecule has 0 amide bonds. The van der Waals surface area contributed by atoms with E-state index in [0.717, 1.165) is 16.7 Å². The summed E-state index contributed by atoms with van der Waals surface area (Å²) in [5.74, 6) is 0. The van der Waals surface area contributed by atoms with Crippen LogP contribution in [0.5, 0.6) is 0 Å². The number of rotatable bonds is 1. The van der Waals surface area contributed by atoms with Gasteiger partial charge < -0.3 is 0 Å². The van der Waals surface area contributed by atoms with Crippen molar-refractivity contribution in [3.8, 4) is 0 Å². The summed E-state index contributed by atoms with van der Waals surface area (Å²) in [4.78, 5) is 0. The minimum absolute atomic E-state index is 0. The van der Waals surface area contributed by atoms with Gasteiger partial charge in [-0.2, -0.15) is 10.2 Å². The van der Waals surface area contributed by atoms with Gasteiger partial charge in [0, 0.05) is 5.33 Å². The largest absolute Gasteiger partial charge is 0.156 e. The van der Waals surface area contributed by atoms with Gasteiger partial charge in [-0.05, 0) is 19.1 Å². The van der Waals surface area contributed by atoms with Crippen molar-refractivity contribution < 1.29 is 0 Å². The minimum Gasteiger partial charge on any atom is -0.156 e. The Labute approximate surface area is 78.9 Å². The third-order valence-corrected chi connectivity index (χ3v) is 1.56. The molecule has 0 saturated heterocycles. The highest BCUT2D eigenvalue weighted by Gasteiger charge is 1.89. The first kappa shape index (κ1) is 10.0. The molecule has 1 aromatic rings. The molecular formula is C6H8Br2N2. The normalized spacial score (nSPS) is 8.60. The molecule has 1 rings (SSSR count). The van der Waals surface area contributed by atoms with E-state index in [2.05, 4.69) is 26.1 Å². The Morgan fingerprint density at radius 3 is 2.50 bits per heavy atom. The van der Waals surface area contributed by atoms with E-state index in [1.54, 1.807) is 0 Å². The third-order valence-electron chi connectivity index (χ3n) is 0.990. The van der Waals surface area contributed by atoms with Crippen LogP contribution in [0.3, 0.4) is 0 Å². The molecule has 0 aromatic carbocycles. The fourth-order valence-electron chi connectivity index (χ4n) is 0.498. The second kappa shape index (κ2) is 4.79. The maximum atomic E-state index is 3.90. The van der Waals surface area contributed by atoms with E-state index in [4.69, 9.17) is 0 Å². The lowest BCUT2D eigenvalue weighted by atomic mass is 10.4. The Bertz CT molecular complexity index is 185. The Morgan fingerprint density at radius 2 is 2.10 bits per heavy atom. The summed E-state index contributed by atoms with van der Waals surface area (Å²) < 4.78 is 0.